The number of rotatable bonds is 5. The molecule has 1 fully saturated rings. The second-order valence-corrected chi connectivity index (χ2v) is 6.98. The van der Waals surface area contributed by atoms with Gasteiger partial charge in [0.2, 0.25) is 0 Å². The predicted molar refractivity (Wildman–Crippen MR) is 86.4 cm³/mol. The van der Waals surface area contributed by atoms with E-state index in [1.165, 1.54) is 32.1 Å². The summed E-state index contributed by atoms with van der Waals surface area (Å²) in [5.41, 5.74) is 0.849. The number of nitrogens with one attached hydrogen (secondary N) is 1. The number of benzene rings is 1. The van der Waals surface area contributed by atoms with Crippen molar-refractivity contribution in [3.8, 4) is 0 Å². The Morgan fingerprint density at radius 2 is 2.15 bits per heavy atom. The second-order valence-electron chi connectivity index (χ2n) is 6.06. The lowest BCUT2D eigenvalue weighted by atomic mass is 9.74. The third kappa shape index (κ3) is 4.05. The lowest BCUT2D eigenvalue weighted by Gasteiger charge is -2.36. The Kier molecular flexibility index (Phi) is 6.03. The van der Waals surface area contributed by atoms with Crippen molar-refractivity contribution in [2.24, 2.45) is 11.8 Å². The van der Waals surface area contributed by atoms with Gasteiger partial charge in [0.25, 0.3) is 0 Å². The van der Waals surface area contributed by atoms with E-state index in [9.17, 15) is 4.39 Å². The Bertz CT molecular complexity index is 435. The minimum Gasteiger partial charge on any atom is -0.317 e. The van der Waals surface area contributed by atoms with E-state index in [0.717, 1.165) is 22.4 Å². The van der Waals surface area contributed by atoms with E-state index in [2.05, 4.69) is 28.2 Å². The highest BCUT2D eigenvalue weighted by Crippen LogP contribution is 2.34. The Morgan fingerprint density at radius 1 is 1.35 bits per heavy atom. The zero-order valence-corrected chi connectivity index (χ0v) is 14.0. The molecular formula is C17H25BrFN. The van der Waals surface area contributed by atoms with Gasteiger partial charge in [-0.3, -0.25) is 0 Å². The Balaban J connectivity index is 2.09. The molecule has 0 aliphatic heterocycles. The van der Waals surface area contributed by atoms with E-state index in [4.69, 9.17) is 0 Å². The molecule has 0 radical (unpaired) electrons. The molecule has 20 heavy (non-hydrogen) atoms. The van der Waals surface area contributed by atoms with Crippen molar-refractivity contribution < 1.29 is 4.39 Å². The van der Waals surface area contributed by atoms with Crippen LogP contribution in [0.25, 0.3) is 0 Å². The van der Waals surface area contributed by atoms with Crippen LogP contribution in [0, 0.1) is 17.7 Å². The molecule has 0 bridgehead atoms. The molecule has 0 aromatic heterocycles. The average molecular weight is 342 g/mol. The van der Waals surface area contributed by atoms with Gasteiger partial charge >= 0.3 is 0 Å². The quantitative estimate of drug-likeness (QED) is 0.800. The lowest BCUT2D eigenvalue weighted by molar-refractivity contribution is 0.199. The molecule has 3 atom stereocenters. The smallest absolute Gasteiger partial charge is 0.126 e. The zero-order chi connectivity index (χ0) is 14.5. The van der Waals surface area contributed by atoms with E-state index < -0.39 is 0 Å². The third-order valence-electron chi connectivity index (χ3n) is 4.65. The summed E-state index contributed by atoms with van der Waals surface area (Å²) in [4.78, 5) is 0. The first-order valence-electron chi connectivity index (χ1n) is 7.75. The minimum atomic E-state index is -0.0688. The van der Waals surface area contributed by atoms with Gasteiger partial charge in [-0.25, -0.2) is 4.39 Å². The van der Waals surface area contributed by atoms with Crippen molar-refractivity contribution in [3.05, 3.63) is 34.1 Å². The maximum Gasteiger partial charge on any atom is 0.126 e. The normalized spacial score (nSPS) is 26.7. The number of hydrogen-bond donors (Lipinski definition) is 1. The van der Waals surface area contributed by atoms with Gasteiger partial charge in [-0.15, -0.1) is 0 Å². The van der Waals surface area contributed by atoms with Crippen LogP contribution in [0.2, 0.25) is 0 Å². The van der Waals surface area contributed by atoms with E-state index in [1.807, 2.05) is 13.1 Å². The Labute approximate surface area is 130 Å². The van der Waals surface area contributed by atoms with Crippen LogP contribution in [-0.4, -0.2) is 13.1 Å². The van der Waals surface area contributed by atoms with Gasteiger partial charge in [-0.1, -0.05) is 35.7 Å². The molecule has 0 saturated heterocycles. The topological polar surface area (TPSA) is 12.0 Å². The lowest BCUT2D eigenvalue weighted by Crippen LogP contribution is -2.39. The van der Waals surface area contributed by atoms with Gasteiger partial charge in [0, 0.05) is 10.5 Å². The summed E-state index contributed by atoms with van der Waals surface area (Å²) in [5.74, 6) is 1.31. The summed E-state index contributed by atoms with van der Waals surface area (Å²) in [6.45, 7) is 2.26. The van der Waals surface area contributed by atoms with Gasteiger partial charge in [-0.2, -0.15) is 0 Å². The van der Waals surface area contributed by atoms with E-state index in [-0.39, 0.29) is 5.82 Å². The van der Waals surface area contributed by atoms with Crippen LogP contribution in [0.1, 0.15) is 44.6 Å². The van der Waals surface area contributed by atoms with Crippen molar-refractivity contribution in [2.75, 3.05) is 7.05 Å². The van der Waals surface area contributed by atoms with E-state index in [1.54, 1.807) is 12.1 Å². The minimum absolute atomic E-state index is 0.0688. The van der Waals surface area contributed by atoms with Crippen molar-refractivity contribution in [3.63, 3.8) is 0 Å². The van der Waals surface area contributed by atoms with Crippen molar-refractivity contribution in [1.82, 2.24) is 5.32 Å². The van der Waals surface area contributed by atoms with Crippen LogP contribution in [0.5, 0.6) is 0 Å². The molecule has 0 heterocycles. The molecule has 1 aromatic carbocycles. The fraction of sp³-hybridized carbons (Fsp3) is 0.647. The summed E-state index contributed by atoms with van der Waals surface area (Å²) in [7, 11) is 2.04. The molecule has 1 nitrogen and oxygen atoms in total. The van der Waals surface area contributed by atoms with Crippen LogP contribution in [0.15, 0.2) is 22.7 Å². The molecule has 0 spiro atoms. The summed E-state index contributed by atoms with van der Waals surface area (Å²) < 4.78 is 14.9. The SMILES string of the molecule is CCCC1CCC(NC)C(Cc2cc(Br)ccc2F)C1. The number of halogens is 2. The largest absolute Gasteiger partial charge is 0.317 e. The summed E-state index contributed by atoms with van der Waals surface area (Å²) in [5, 5.41) is 3.44. The Hall–Kier alpha value is -0.410. The molecule has 112 valence electrons. The average Bonchev–Trinajstić information content (AvgIpc) is 2.44. The van der Waals surface area contributed by atoms with E-state index in [0.29, 0.717) is 12.0 Å². The van der Waals surface area contributed by atoms with Gasteiger partial charge < -0.3 is 5.32 Å². The molecule has 1 aliphatic carbocycles. The summed E-state index contributed by atoms with van der Waals surface area (Å²) in [6, 6.07) is 5.81. The molecule has 3 unspecified atom stereocenters. The second kappa shape index (κ2) is 7.56. The molecular weight excluding hydrogens is 317 g/mol. The third-order valence-corrected chi connectivity index (χ3v) is 5.14. The number of hydrogen-bond acceptors (Lipinski definition) is 1. The van der Waals surface area contributed by atoms with Crippen molar-refractivity contribution >= 4 is 15.9 Å². The van der Waals surface area contributed by atoms with Crippen molar-refractivity contribution in [2.45, 2.75) is 51.5 Å². The predicted octanol–water partition coefficient (Wildman–Crippen LogP) is 4.94. The van der Waals surface area contributed by atoms with Gasteiger partial charge in [0.15, 0.2) is 0 Å². The first-order chi connectivity index (χ1) is 9.63. The van der Waals surface area contributed by atoms with Crippen LogP contribution in [0.3, 0.4) is 0 Å². The maximum atomic E-state index is 14.0. The van der Waals surface area contributed by atoms with Crippen LogP contribution >= 0.6 is 15.9 Å². The molecule has 1 N–H and O–H groups in total. The van der Waals surface area contributed by atoms with Gasteiger partial charge in [-0.05, 0) is 68.3 Å². The molecule has 3 heteroatoms. The summed E-state index contributed by atoms with van der Waals surface area (Å²) >= 11 is 3.45. The first-order valence-corrected chi connectivity index (χ1v) is 8.54. The standard InChI is InChI=1S/C17H25BrFN/c1-3-4-12-5-8-17(20-2)14(9-12)10-13-11-15(18)6-7-16(13)19/h6-7,11-12,14,17,20H,3-5,8-10H2,1-2H3. The monoisotopic (exact) mass is 341 g/mol. The highest BCUT2D eigenvalue weighted by Gasteiger charge is 2.29. The molecule has 1 saturated carbocycles. The molecule has 0 amide bonds. The Morgan fingerprint density at radius 3 is 2.85 bits per heavy atom. The fourth-order valence-electron chi connectivity index (χ4n) is 3.62. The zero-order valence-electron chi connectivity index (χ0n) is 12.5. The fourth-order valence-corrected chi connectivity index (χ4v) is 4.03. The van der Waals surface area contributed by atoms with Crippen LogP contribution in [-0.2, 0) is 6.42 Å². The highest BCUT2D eigenvalue weighted by atomic mass is 79.9. The highest BCUT2D eigenvalue weighted by molar-refractivity contribution is 9.10. The first kappa shape index (κ1) is 16.0. The summed E-state index contributed by atoms with van der Waals surface area (Å²) in [6.07, 6.45) is 7.18. The van der Waals surface area contributed by atoms with Crippen LogP contribution in [0.4, 0.5) is 4.39 Å². The molecule has 2 rings (SSSR count). The van der Waals surface area contributed by atoms with E-state index >= 15 is 0 Å². The molecule has 1 aromatic rings. The van der Waals surface area contributed by atoms with Crippen LogP contribution < -0.4 is 5.32 Å². The maximum absolute atomic E-state index is 14.0. The van der Waals surface area contributed by atoms with Gasteiger partial charge in [0.1, 0.15) is 5.82 Å². The van der Waals surface area contributed by atoms with Gasteiger partial charge in [0.05, 0.1) is 0 Å². The molecule has 1 aliphatic rings. The van der Waals surface area contributed by atoms with Crippen molar-refractivity contribution in [1.29, 1.82) is 0 Å².